The molecule has 0 bridgehead atoms. The molecular formula is C17H23Cl2N5O. The van der Waals surface area contributed by atoms with Crippen LogP contribution in [0.3, 0.4) is 0 Å². The largest absolute Gasteiger partial charge is 0.467 e. The van der Waals surface area contributed by atoms with E-state index in [0.29, 0.717) is 18.0 Å². The highest BCUT2D eigenvalue weighted by Gasteiger charge is 2.22. The zero-order chi connectivity index (χ0) is 17.3. The maximum absolute atomic E-state index is 6.29. The number of halogens is 2. The molecule has 0 radical (unpaired) electrons. The summed E-state index contributed by atoms with van der Waals surface area (Å²) in [7, 11) is 0. The van der Waals surface area contributed by atoms with E-state index in [-0.39, 0.29) is 29.1 Å². The highest BCUT2D eigenvalue weighted by atomic mass is 35.5. The zero-order valence-corrected chi connectivity index (χ0v) is 16.0. The Morgan fingerprint density at radius 1 is 1.36 bits per heavy atom. The summed E-state index contributed by atoms with van der Waals surface area (Å²) >= 11 is 6.04. The van der Waals surface area contributed by atoms with Crippen LogP contribution in [0, 0.1) is 5.41 Å². The van der Waals surface area contributed by atoms with E-state index in [2.05, 4.69) is 41.0 Å². The van der Waals surface area contributed by atoms with Crippen LogP contribution < -0.4 is 11.1 Å². The molecule has 0 aromatic carbocycles. The monoisotopic (exact) mass is 383 g/mol. The van der Waals surface area contributed by atoms with E-state index in [0.717, 1.165) is 23.3 Å². The third-order valence-electron chi connectivity index (χ3n) is 4.08. The fourth-order valence-electron chi connectivity index (χ4n) is 2.41. The lowest BCUT2D eigenvalue weighted by atomic mass is 9.85. The van der Waals surface area contributed by atoms with Crippen molar-refractivity contribution < 1.29 is 4.42 Å². The Hall–Kier alpha value is -1.76. The van der Waals surface area contributed by atoms with Crippen LogP contribution in [-0.4, -0.2) is 21.0 Å². The second-order valence-electron chi connectivity index (χ2n) is 7.01. The summed E-state index contributed by atoms with van der Waals surface area (Å²) in [6.07, 6.45) is 2.37. The summed E-state index contributed by atoms with van der Waals surface area (Å²) in [5.41, 5.74) is 8.03. The normalized spacial score (nSPS) is 12.8. The molecule has 25 heavy (non-hydrogen) atoms. The first kappa shape index (κ1) is 19.6. The van der Waals surface area contributed by atoms with Crippen LogP contribution in [0.15, 0.2) is 28.9 Å². The summed E-state index contributed by atoms with van der Waals surface area (Å²) in [5, 5.41) is 4.33. The van der Waals surface area contributed by atoms with Crippen molar-refractivity contribution in [1.29, 1.82) is 0 Å². The molecule has 0 saturated heterocycles. The number of furan rings is 1. The molecule has 0 unspecified atom stereocenters. The van der Waals surface area contributed by atoms with Crippen LogP contribution in [0.25, 0.3) is 11.0 Å². The Kier molecular flexibility index (Phi) is 5.98. The van der Waals surface area contributed by atoms with E-state index in [4.69, 9.17) is 21.8 Å². The lowest BCUT2D eigenvalue weighted by Crippen LogP contribution is -2.36. The number of aromatic nitrogens is 3. The Labute approximate surface area is 158 Å². The fourth-order valence-corrected chi connectivity index (χ4v) is 2.58. The average molecular weight is 384 g/mol. The van der Waals surface area contributed by atoms with Gasteiger partial charge in [0.2, 0.25) is 5.28 Å². The Bertz CT molecular complexity index is 824. The summed E-state index contributed by atoms with van der Waals surface area (Å²) in [5.74, 6) is 1.50. The van der Waals surface area contributed by atoms with Gasteiger partial charge >= 0.3 is 0 Å². The lowest BCUT2D eigenvalue weighted by molar-refractivity contribution is 0.317. The molecule has 0 aliphatic rings. The lowest BCUT2D eigenvalue weighted by Gasteiger charge is -2.26. The molecule has 3 aromatic rings. The van der Waals surface area contributed by atoms with Crippen LogP contribution in [0.1, 0.15) is 32.2 Å². The van der Waals surface area contributed by atoms with Gasteiger partial charge < -0.3 is 20.5 Å². The summed E-state index contributed by atoms with van der Waals surface area (Å²) < 4.78 is 5.33. The first-order chi connectivity index (χ1) is 11.3. The second-order valence-corrected chi connectivity index (χ2v) is 7.35. The minimum absolute atomic E-state index is 0. The van der Waals surface area contributed by atoms with Gasteiger partial charge in [-0.3, -0.25) is 0 Å². The number of rotatable bonds is 5. The molecule has 0 fully saturated rings. The number of fused-ring (bicyclic) bond motifs is 1. The maximum Gasteiger partial charge on any atom is 0.226 e. The summed E-state index contributed by atoms with van der Waals surface area (Å²) in [6, 6.07) is 5.81. The maximum atomic E-state index is 6.29. The predicted molar refractivity (Wildman–Crippen MR) is 103 cm³/mol. The van der Waals surface area contributed by atoms with Gasteiger partial charge in [-0.15, -0.1) is 12.4 Å². The number of hydrogen-bond donors (Lipinski definition) is 3. The highest BCUT2D eigenvalue weighted by molar-refractivity contribution is 6.28. The Balaban J connectivity index is 0.00000225. The van der Waals surface area contributed by atoms with Gasteiger partial charge in [0.05, 0.1) is 18.2 Å². The third-order valence-corrected chi connectivity index (χ3v) is 4.25. The van der Waals surface area contributed by atoms with Gasteiger partial charge in [-0.1, -0.05) is 20.8 Å². The molecule has 6 nitrogen and oxygen atoms in total. The van der Waals surface area contributed by atoms with E-state index in [9.17, 15) is 0 Å². The molecule has 1 atom stereocenters. The minimum atomic E-state index is 0. The smallest absolute Gasteiger partial charge is 0.226 e. The van der Waals surface area contributed by atoms with Crippen molar-refractivity contribution >= 4 is 40.9 Å². The zero-order valence-electron chi connectivity index (χ0n) is 14.5. The molecule has 136 valence electrons. The molecule has 0 aliphatic carbocycles. The van der Waals surface area contributed by atoms with E-state index in [1.807, 2.05) is 18.2 Å². The minimum Gasteiger partial charge on any atom is -0.467 e. The van der Waals surface area contributed by atoms with Gasteiger partial charge in [0.15, 0.2) is 0 Å². The van der Waals surface area contributed by atoms with Crippen molar-refractivity contribution in [3.63, 3.8) is 0 Å². The number of H-pyrrole nitrogens is 1. The number of nitrogens with zero attached hydrogens (tertiary/aromatic N) is 2. The Morgan fingerprint density at radius 3 is 2.76 bits per heavy atom. The van der Waals surface area contributed by atoms with Gasteiger partial charge in [0.1, 0.15) is 17.2 Å². The van der Waals surface area contributed by atoms with Gasteiger partial charge in [-0.05, 0) is 35.2 Å². The van der Waals surface area contributed by atoms with E-state index >= 15 is 0 Å². The number of aromatic amines is 1. The van der Waals surface area contributed by atoms with Crippen molar-refractivity contribution in [2.75, 3.05) is 5.32 Å². The molecule has 4 N–H and O–H groups in total. The van der Waals surface area contributed by atoms with Crippen molar-refractivity contribution in [2.45, 2.75) is 39.8 Å². The van der Waals surface area contributed by atoms with Gasteiger partial charge in [-0.25, -0.2) is 4.98 Å². The van der Waals surface area contributed by atoms with Crippen molar-refractivity contribution in [3.05, 3.63) is 41.2 Å². The molecule has 8 heteroatoms. The molecule has 3 heterocycles. The molecule has 3 aromatic heterocycles. The van der Waals surface area contributed by atoms with Crippen LogP contribution in [0.5, 0.6) is 0 Å². The quantitative estimate of drug-likeness (QED) is 0.575. The fraction of sp³-hybridized carbons (Fsp3) is 0.412. The van der Waals surface area contributed by atoms with Crippen molar-refractivity contribution in [2.24, 2.45) is 11.1 Å². The van der Waals surface area contributed by atoms with Crippen molar-refractivity contribution in [3.8, 4) is 0 Å². The van der Waals surface area contributed by atoms with Crippen molar-refractivity contribution in [1.82, 2.24) is 15.0 Å². The second kappa shape index (κ2) is 7.64. The first-order valence-corrected chi connectivity index (χ1v) is 8.27. The summed E-state index contributed by atoms with van der Waals surface area (Å²) in [6.45, 7) is 6.92. The molecule has 0 saturated carbocycles. The van der Waals surface area contributed by atoms with Gasteiger partial charge in [-0.2, -0.15) is 4.98 Å². The van der Waals surface area contributed by atoms with Gasteiger partial charge in [0, 0.05) is 18.2 Å². The van der Waals surface area contributed by atoms with E-state index in [1.54, 1.807) is 6.26 Å². The molecule has 0 aliphatic heterocycles. The van der Waals surface area contributed by atoms with E-state index < -0.39 is 0 Å². The molecule has 0 spiro atoms. The van der Waals surface area contributed by atoms with Crippen LogP contribution >= 0.6 is 24.0 Å². The molecule has 0 amide bonds. The number of nitrogens with one attached hydrogen (secondary N) is 2. The van der Waals surface area contributed by atoms with Crippen LogP contribution in [0.4, 0.5) is 5.82 Å². The molecular weight excluding hydrogens is 361 g/mol. The van der Waals surface area contributed by atoms with Crippen LogP contribution in [-0.2, 0) is 13.0 Å². The number of hydrogen-bond acceptors (Lipinski definition) is 5. The SMILES string of the molecule is CC(C)(C)[C@H](N)Cc1cc2c(NCc3ccco3)nc(Cl)nc2[nH]1.Cl. The van der Waals surface area contributed by atoms with Gasteiger partial charge in [0.25, 0.3) is 0 Å². The number of anilines is 1. The molecule has 3 rings (SSSR count). The number of nitrogens with two attached hydrogens (primary N) is 1. The van der Waals surface area contributed by atoms with Crippen LogP contribution in [0.2, 0.25) is 5.28 Å². The topological polar surface area (TPSA) is 92.8 Å². The highest BCUT2D eigenvalue weighted by Crippen LogP contribution is 2.26. The first-order valence-electron chi connectivity index (χ1n) is 7.90. The standard InChI is InChI=1S/C17H22ClN5O.ClH/c1-17(2,3)13(19)8-10-7-12-14(20-9-11-5-4-6-24-11)22-16(18)23-15(12)21-10;/h4-7,13H,8-9,19H2,1-3H3,(H2,20,21,22,23);1H/t13-;/m1./s1. The average Bonchev–Trinajstić information content (AvgIpc) is 3.12. The Morgan fingerprint density at radius 2 is 2.12 bits per heavy atom. The predicted octanol–water partition coefficient (Wildman–Crippen LogP) is 4.15. The third kappa shape index (κ3) is 4.66. The summed E-state index contributed by atoms with van der Waals surface area (Å²) in [4.78, 5) is 11.9. The van der Waals surface area contributed by atoms with E-state index in [1.165, 1.54) is 0 Å².